The molecule has 0 fully saturated rings. The van der Waals surface area contributed by atoms with Crippen molar-refractivity contribution in [3.05, 3.63) is 23.3 Å². The molecule has 0 saturated carbocycles. The standard InChI is InChI=1S/C15H21NO6S2/c1-10-15(2,3)14-11(6-4-5-9-23(17,18)19)13(24(20,21)22)8-7-12(14)16-10/h7-8H,4-6,9H2,1-3H3,(H,17,18,19)(H,20,21,22). The highest BCUT2D eigenvalue weighted by atomic mass is 32.2. The molecule has 0 radical (unpaired) electrons. The zero-order valence-corrected chi connectivity index (χ0v) is 15.4. The van der Waals surface area contributed by atoms with E-state index in [4.69, 9.17) is 4.55 Å². The monoisotopic (exact) mass is 375 g/mol. The van der Waals surface area contributed by atoms with Gasteiger partial charge in [0.05, 0.1) is 16.3 Å². The lowest BCUT2D eigenvalue weighted by molar-refractivity contribution is 0.476. The van der Waals surface area contributed by atoms with E-state index in [2.05, 4.69) is 4.99 Å². The Morgan fingerprint density at radius 1 is 1.08 bits per heavy atom. The summed E-state index contributed by atoms with van der Waals surface area (Å²) in [5, 5.41) is 0. The van der Waals surface area contributed by atoms with Gasteiger partial charge in [0.15, 0.2) is 0 Å². The van der Waals surface area contributed by atoms with E-state index in [9.17, 15) is 21.4 Å². The van der Waals surface area contributed by atoms with Crippen molar-refractivity contribution in [3.8, 4) is 0 Å². The lowest BCUT2D eigenvalue weighted by Gasteiger charge is -2.24. The van der Waals surface area contributed by atoms with Crippen LogP contribution in [0.15, 0.2) is 22.0 Å². The Kier molecular flexibility index (Phi) is 4.93. The van der Waals surface area contributed by atoms with Crippen molar-refractivity contribution >= 4 is 31.6 Å². The summed E-state index contributed by atoms with van der Waals surface area (Å²) < 4.78 is 63.4. The third-order valence-corrected chi connectivity index (χ3v) is 6.17. The molecule has 24 heavy (non-hydrogen) atoms. The Bertz CT molecular complexity index is 898. The predicted octanol–water partition coefficient (Wildman–Crippen LogP) is 2.53. The molecule has 1 aliphatic rings. The van der Waals surface area contributed by atoms with E-state index < -0.39 is 25.7 Å². The van der Waals surface area contributed by atoms with Crippen LogP contribution in [0.25, 0.3) is 0 Å². The zero-order chi connectivity index (χ0) is 18.3. The van der Waals surface area contributed by atoms with E-state index in [0.29, 0.717) is 17.7 Å². The molecule has 9 heteroatoms. The van der Waals surface area contributed by atoms with Crippen molar-refractivity contribution in [2.75, 3.05) is 5.75 Å². The number of hydrogen-bond acceptors (Lipinski definition) is 5. The molecule has 0 spiro atoms. The van der Waals surface area contributed by atoms with Gasteiger partial charge in [-0.3, -0.25) is 14.1 Å². The second kappa shape index (κ2) is 6.21. The SMILES string of the molecule is CC1=Nc2ccc(S(=O)(=O)O)c(CCCCS(=O)(=O)O)c2C1(C)C. The number of nitrogens with zero attached hydrogens (tertiary/aromatic N) is 1. The predicted molar refractivity (Wildman–Crippen MR) is 91.4 cm³/mol. The summed E-state index contributed by atoms with van der Waals surface area (Å²) in [4.78, 5) is 4.29. The maximum Gasteiger partial charge on any atom is 0.294 e. The van der Waals surface area contributed by atoms with Gasteiger partial charge in [0.25, 0.3) is 20.2 Å². The van der Waals surface area contributed by atoms with Gasteiger partial charge < -0.3 is 0 Å². The fourth-order valence-corrected chi connectivity index (χ4v) is 4.31. The van der Waals surface area contributed by atoms with Crippen LogP contribution in [-0.4, -0.2) is 37.4 Å². The molecule has 0 aromatic heterocycles. The molecular formula is C15H21NO6S2. The van der Waals surface area contributed by atoms with E-state index in [0.717, 1.165) is 11.3 Å². The first-order valence-electron chi connectivity index (χ1n) is 7.49. The maximum atomic E-state index is 11.7. The highest BCUT2D eigenvalue weighted by Crippen LogP contribution is 2.44. The normalized spacial score (nSPS) is 16.8. The summed E-state index contributed by atoms with van der Waals surface area (Å²) in [6.07, 6.45) is 0.807. The largest absolute Gasteiger partial charge is 0.294 e. The third kappa shape index (κ3) is 3.85. The van der Waals surface area contributed by atoms with Crippen LogP contribution in [0.3, 0.4) is 0 Å². The minimum atomic E-state index is -4.41. The fourth-order valence-electron chi connectivity index (χ4n) is 2.98. The molecule has 1 aromatic carbocycles. The molecule has 134 valence electrons. The number of fused-ring (bicyclic) bond motifs is 1. The minimum absolute atomic E-state index is 0.175. The number of benzene rings is 1. The Morgan fingerprint density at radius 2 is 1.71 bits per heavy atom. The number of unbranched alkanes of at least 4 members (excludes halogenated alkanes) is 1. The van der Waals surface area contributed by atoms with Crippen LogP contribution in [0.2, 0.25) is 0 Å². The lowest BCUT2D eigenvalue weighted by Crippen LogP contribution is -2.25. The molecule has 0 saturated heterocycles. The van der Waals surface area contributed by atoms with Gasteiger partial charge in [-0.15, -0.1) is 0 Å². The molecule has 0 bridgehead atoms. The van der Waals surface area contributed by atoms with Crippen molar-refractivity contribution in [1.29, 1.82) is 0 Å². The average molecular weight is 375 g/mol. The summed E-state index contributed by atoms with van der Waals surface area (Å²) in [6, 6.07) is 2.89. The molecule has 0 amide bonds. The van der Waals surface area contributed by atoms with Crippen molar-refractivity contribution in [2.45, 2.75) is 50.3 Å². The van der Waals surface area contributed by atoms with Gasteiger partial charge in [0.2, 0.25) is 0 Å². The van der Waals surface area contributed by atoms with E-state index in [1.807, 2.05) is 20.8 Å². The smallest absolute Gasteiger partial charge is 0.286 e. The van der Waals surface area contributed by atoms with Crippen molar-refractivity contribution in [2.24, 2.45) is 4.99 Å². The number of aliphatic imine (C=N–C) groups is 1. The maximum absolute atomic E-state index is 11.7. The molecule has 2 N–H and O–H groups in total. The van der Waals surface area contributed by atoms with Gasteiger partial charge in [0, 0.05) is 11.1 Å². The first-order chi connectivity index (χ1) is 10.8. The highest BCUT2D eigenvalue weighted by Gasteiger charge is 2.36. The topological polar surface area (TPSA) is 121 Å². The van der Waals surface area contributed by atoms with Crippen LogP contribution in [0, 0.1) is 0 Å². The molecule has 2 rings (SSSR count). The zero-order valence-electron chi connectivity index (χ0n) is 13.8. The van der Waals surface area contributed by atoms with Crippen LogP contribution >= 0.6 is 0 Å². The summed E-state index contributed by atoms with van der Waals surface area (Å²) in [5.74, 6) is -0.387. The Morgan fingerprint density at radius 3 is 2.25 bits per heavy atom. The molecule has 1 aromatic rings. The molecule has 1 heterocycles. The minimum Gasteiger partial charge on any atom is -0.286 e. The fraction of sp³-hybridized carbons (Fsp3) is 0.533. The Labute approximate surface area is 142 Å². The van der Waals surface area contributed by atoms with Crippen LogP contribution < -0.4 is 0 Å². The molecular weight excluding hydrogens is 354 g/mol. The summed E-state index contributed by atoms with van der Waals surface area (Å²) in [6.45, 7) is 5.70. The van der Waals surface area contributed by atoms with Crippen molar-refractivity contribution in [1.82, 2.24) is 0 Å². The van der Waals surface area contributed by atoms with Gasteiger partial charge in [-0.2, -0.15) is 16.8 Å². The van der Waals surface area contributed by atoms with E-state index in [1.54, 1.807) is 6.07 Å². The van der Waals surface area contributed by atoms with E-state index in [-0.39, 0.29) is 23.5 Å². The van der Waals surface area contributed by atoms with Gasteiger partial charge in [-0.05, 0) is 49.4 Å². The number of hydrogen-bond donors (Lipinski definition) is 2. The molecule has 0 aliphatic carbocycles. The number of rotatable bonds is 6. The first kappa shape index (κ1) is 19.0. The van der Waals surface area contributed by atoms with Crippen LogP contribution in [0.5, 0.6) is 0 Å². The van der Waals surface area contributed by atoms with Crippen LogP contribution in [0.4, 0.5) is 5.69 Å². The molecule has 0 atom stereocenters. The van der Waals surface area contributed by atoms with Gasteiger partial charge in [-0.1, -0.05) is 13.8 Å². The molecule has 1 aliphatic heterocycles. The highest BCUT2D eigenvalue weighted by molar-refractivity contribution is 7.86. The van der Waals surface area contributed by atoms with Crippen LogP contribution in [0.1, 0.15) is 44.7 Å². The third-order valence-electron chi connectivity index (χ3n) is 4.42. The van der Waals surface area contributed by atoms with Crippen LogP contribution in [-0.2, 0) is 32.1 Å². The Hall–Kier alpha value is -1.29. The Balaban J connectivity index is 2.44. The van der Waals surface area contributed by atoms with Gasteiger partial charge in [0.1, 0.15) is 0 Å². The van der Waals surface area contributed by atoms with Crippen molar-refractivity contribution < 1.29 is 25.9 Å². The summed E-state index contributed by atoms with van der Waals surface area (Å²) >= 11 is 0. The second-order valence-corrected chi connectivity index (χ2v) is 9.44. The summed E-state index contributed by atoms with van der Waals surface area (Å²) in [7, 11) is -8.46. The average Bonchev–Trinajstić information content (AvgIpc) is 2.63. The van der Waals surface area contributed by atoms with E-state index in [1.165, 1.54) is 6.07 Å². The summed E-state index contributed by atoms with van der Waals surface area (Å²) in [5.41, 5.74) is 2.21. The van der Waals surface area contributed by atoms with Gasteiger partial charge >= 0.3 is 0 Å². The van der Waals surface area contributed by atoms with E-state index >= 15 is 0 Å². The quantitative estimate of drug-likeness (QED) is 0.582. The lowest BCUT2D eigenvalue weighted by atomic mass is 9.78. The first-order valence-corrected chi connectivity index (χ1v) is 10.5. The molecule has 0 unspecified atom stereocenters. The van der Waals surface area contributed by atoms with Crippen molar-refractivity contribution in [3.63, 3.8) is 0 Å². The second-order valence-electron chi connectivity index (χ2n) is 6.48. The molecule has 7 nitrogen and oxygen atoms in total. The van der Waals surface area contributed by atoms with Gasteiger partial charge in [-0.25, -0.2) is 0 Å².